The molecule has 0 spiro atoms. The molecule has 0 radical (unpaired) electrons. The second kappa shape index (κ2) is 4.34. The molecule has 0 aromatic heterocycles. The minimum Gasteiger partial charge on any atom is -0.384 e. The lowest BCUT2D eigenvalue weighted by Gasteiger charge is -2.02. The molecule has 1 saturated carbocycles. The number of carbonyl (C=O) groups excluding carboxylic acids is 1. The van der Waals surface area contributed by atoms with Crippen molar-refractivity contribution in [2.24, 2.45) is 5.92 Å². The molecule has 1 N–H and O–H groups in total. The van der Waals surface area contributed by atoms with Crippen LogP contribution in [0.1, 0.15) is 19.3 Å². The molecule has 0 unspecified atom stereocenters. The van der Waals surface area contributed by atoms with Crippen molar-refractivity contribution in [2.75, 3.05) is 20.3 Å². The van der Waals surface area contributed by atoms with E-state index in [-0.39, 0.29) is 5.91 Å². The minimum absolute atomic E-state index is 0.110. The molecule has 11 heavy (non-hydrogen) atoms. The van der Waals surface area contributed by atoms with Crippen LogP contribution in [0.2, 0.25) is 0 Å². The topological polar surface area (TPSA) is 38.3 Å². The molecule has 1 aliphatic carbocycles. The van der Waals surface area contributed by atoms with Crippen LogP contribution in [0.15, 0.2) is 0 Å². The first-order chi connectivity index (χ1) is 5.33. The van der Waals surface area contributed by atoms with Gasteiger partial charge in [0.25, 0.3) is 0 Å². The highest BCUT2D eigenvalue weighted by molar-refractivity contribution is 5.75. The molecule has 0 aromatic carbocycles. The van der Waals surface area contributed by atoms with E-state index >= 15 is 0 Å². The van der Waals surface area contributed by atoms with Gasteiger partial charge < -0.3 is 10.1 Å². The zero-order chi connectivity index (χ0) is 8.10. The van der Waals surface area contributed by atoms with Gasteiger partial charge in [-0.1, -0.05) is 0 Å². The Kier molecular flexibility index (Phi) is 3.36. The Balaban J connectivity index is 1.91. The van der Waals surface area contributed by atoms with Crippen LogP contribution in [0, 0.1) is 5.92 Å². The zero-order valence-corrected chi connectivity index (χ0v) is 6.93. The van der Waals surface area contributed by atoms with E-state index in [0.29, 0.717) is 13.0 Å². The van der Waals surface area contributed by atoms with Crippen LogP contribution in [0.25, 0.3) is 0 Å². The summed E-state index contributed by atoms with van der Waals surface area (Å²) in [6.07, 6.45) is 3.05. The number of hydrogen-bond donors (Lipinski definition) is 1. The Labute approximate surface area is 67.1 Å². The summed E-state index contributed by atoms with van der Waals surface area (Å²) in [4.78, 5) is 10.9. The molecule has 64 valence electrons. The summed E-state index contributed by atoms with van der Waals surface area (Å²) in [7, 11) is 1.61. The number of methoxy groups -OCH3 is 1. The quantitative estimate of drug-likeness (QED) is 0.633. The van der Waals surface area contributed by atoms with E-state index in [2.05, 4.69) is 5.32 Å². The summed E-state index contributed by atoms with van der Waals surface area (Å²) in [6, 6.07) is 0. The summed E-state index contributed by atoms with van der Waals surface area (Å²) >= 11 is 0. The van der Waals surface area contributed by atoms with E-state index in [1.165, 1.54) is 12.8 Å². The normalized spacial score (nSPS) is 16.5. The molecule has 0 aromatic rings. The average molecular weight is 157 g/mol. The second-order valence-corrected chi connectivity index (χ2v) is 2.99. The van der Waals surface area contributed by atoms with Crippen molar-refractivity contribution in [3.63, 3.8) is 0 Å². The lowest BCUT2D eigenvalue weighted by atomic mass is 10.4. The van der Waals surface area contributed by atoms with Crippen LogP contribution in [0.5, 0.6) is 0 Å². The van der Waals surface area contributed by atoms with E-state index < -0.39 is 0 Å². The first-order valence-electron chi connectivity index (χ1n) is 4.08. The van der Waals surface area contributed by atoms with Gasteiger partial charge in [0, 0.05) is 20.1 Å². The van der Waals surface area contributed by atoms with Gasteiger partial charge in [-0.2, -0.15) is 0 Å². The summed E-state index contributed by atoms with van der Waals surface area (Å²) < 4.78 is 4.77. The molecule has 1 aliphatic rings. The van der Waals surface area contributed by atoms with Gasteiger partial charge in [-0.3, -0.25) is 4.79 Å². The first-order valence-corrected chi connectivity index (χ1v) is 4.08. The van der Waals surface area contributed by atoms with E-state index in [4.69, 9.17) is 4.74 Å². The van der Waals surface area contributed by atoms with Crippen LogP contribution in [0.4, 0.5) is 0 Å². The van der Waals surface area contributed by atoms with Crippen molar-refractivity contribution in [1.82, 2.24) is 5.32 Å². The van der Waals surface area contributed by atoms with Crippen molar-refractivity contribution in [3.05, 3.63) is 0 Å². The highest BCUT2D eigenvalue weighted by Gasteiger charge is 2.21. The summed E-state index contributed by atoms with van der Waals surface area (Å²) in [5, 5.41) is 2.86. The predicted molar refractivity (Wildman–Crippen MR) is 42.2 cm³/mol. The molecular formula is C8H15NO2. The lowest BCUT2D eigenvalue weighted by molar-refractivity contribution is -0.122. The molecule has 0 heterocycles. The average Bonchev–Trinajstić information content (AvgIpc) is 2.80. The van der Waals surface area contributed by atoms with Gasteiger partial charge in [0.15, 0.2) is 0 Å². The third-order valence-electron chi connectivity index (χ3n) is 1.82. The number of amides is 1. The maximum Gasteiger partial charge on any atom is 0.222 e. The van der Waals surface area contributed by atoms with Gasteiger partial charge >= 0.3 is 0 Å². The minimum atomic E-state index is 0.110. The Bertz CT molecular complexity index is 132. The van der Waals surface area contributed by atoms with Gasteiger partial charge in [-0.05, 0) is 18.8 Å². The zero-order valence-electron chi connectivity index (χ0n) is 6.93. The fraction of sp³-hybridized carbons (Fsp3) is 0.875. The monoisotopic (exact) mass is 157 g/mol. The van der Waals surface area contributed by atoms with Crippen molar-refractivity contribution in [2.45, 2.75) is 19.3 Å². The molecule has 0 aliphatic heterocycles. The standard InChI is InChI=1S/C8H15NO2/c1-11-5-4-8(10)9-6-7-2-3-7/h7H,2-6H2,1H3,(H,9,10). The number of rotatable bonds is 5. The first kappa shape index (κ1) is 8.53. The SMILES string of the molecule is COCCC(=O)NCC1CC1. The maximum atomic E-state index is 10.9. The van der Waals surface area contributed by atoms with Crippen molar-refractivity contribution in [3.8, 4) is 0 Å². The maximum absolute atomic E-state index is 10.9. The summed E-state index contributed by atoms with van der Waals surface area (Å²) in [5.74, 6) is 0.875. The Morgan fingerprint density at radius 2 is 2.36 bits per heavy atom. The van der Waals surface area contributed by atoms with E-state index in [1.807, 2.05) is 0 Å². The van der Waals surface area contributed by atoms with Crippen LogP contribution >= 0.6 is 0 Å². The largest absolute Gasteiger partial charge is 0.384 e. The van der Waals surface area contributed by atoms with Crippen LogP contribution < -0.4 is 5.32 Å². The molecule has 3 nitrogen and oxygen atoms in total. The van der Waals surface area contributed by atoms with E-state index in [9.17, 15) is 4.79 Å². The summed E-state index contributed by atoms with van der Waals surface area (Å²) in [5.41, 5.74) is 0. The van der Waals surface area contributed by atoms with E-state index in [1.54, 1.807) is 7.11 Å². The van der Waals surface area contributed by atoms with Gasteiger partial charge in [0.2, 0.25) is 5.91 Å². The third kappa shape index (κ3) is 3.98. The van der Waals surface area contributed by atoms with Crippen molar-refractivity contribution < 1.29 is 9.53 Å². The molecule has 0 saturated heterocycles. The molecular weight excluding hydrogens is 142 g/mol. The molecule has 3 heteroatoms. The summed E-state index contributed by atoms with van der Waals surface area (Å²) in [6.45, 7) is 1.39. The smallest absolute Gasteiger partial charge is 0.222 e. The van der Waals surface area contributed by atoms with Gasteiger partial charge in [0.05, 0.1) is 6.61 Å². The molecule has 1 rings (SSSR count). The Hall–Kier alpha value is -0.570. The highest BCUT2D eigenvalue weighted by atomic mass is 16.5. The Morgan fingerprint density at radius 3 is 2.91 bits per heavy atom. The van der Waals surface area contributed by atoms with Gasteiger partial charge in [0.1, 0.15) is 0 Å². The fourth-order valence-electron chi connectivity index (χ4n) is 0.863. The third-order valence-corrected chi connectivity index (χ3v) is 1.82. The van der Waals surface area contributed by atoms with Gasteiger partial charge in [-0.25, -0.2) is 0 Å². The number of hydrogen-bond acceptors (Lipinski definition) is 2. The number of ether oxygens (including phenoxy) is 1. The second-order valence-electron chi connectivity index (χ2n) is 2.99. The molecule has 0 atom stereocenters. The van der Waals surface area contributed by atoms with Crippen LogP contribution in [-0.2, 0) is 9.53 Å². The van der Waals surface area contributed by atoms with Gasteiger partial charge in [-0.15, -0.1) is 0 Å². The fourth-order valence-corrected chi connectivity index (χ4v) is 0.863. The van der Waals surface area contributed by atoms with Crippen LogP contribution in [0.3, 0.4) is 0 Å². The lowest BCUT2D eigenvalue weighted by Crippen LogP contribution is -2.26. The molecule has 1 amide bonds. The van der Waals surface area contributed by atoms with Crippen molar-refractivity contribution in [1.29, 1.82) is 0 Å². The number of carbonyl (C=O) groups is 1. The Morgan fingerprint density at radius 1 is 1.64 bits per heavy atom. The molecule has 1 fully saturated rings. The van der Waals surface area contributed by atoms with Crippen molar-refractivity contribution >= 4 is 5.91 Å². The van der Waals surface area contributed by atoms with E-state index in [0.717, 1.165) is 12.5 Å². The number of nitrogens with one attached hydrogen (secondary N) is 1. The predicted octanol–water partition coefficient (Wildman–Crippen LogP) is 0.549. The molecule has 0 bridgehead atoms. The van der Waals surface area contributed by atoms with Crippen LogP contribution in [-0.4, -0.2) is 26.2 Å². The highest BCUT2D eigenvalue weighted by Crippen LogP contribution is 2.27.